The highest BCUT2D eigenvalue weighted by Gasteiger charge is 2.13. The number of hydrogen-bond acceptors (Lipinski definition) is 4. The van der Waals surface area contributed by atoms with Gasteiger partial charge in [-0.05, 0) is 49.8 Å². The van der Waals surface area contributed by atoms with Crippen LogP contribution < -0.4 is 15.5 Å². The molecule has 0 atom stereocenters. The number of nitrogens with one attached hydrogen (secondary N) is 2. The van der Waals surface area contributed by atoms with Crippen molar-refractivity contribution in [3.63, 3.8) is 0 Å². The standard InChI is InChI=1S/C20H35N5O/c1-4-21-20(23-10-14-26-13-8-17(2)3)24-16-18-7-9-22-19(15-18)25-11-5-6-12-25/h7,9,15,17H,4-6,8,10-14,16H2,1-3H3,(H2,21,23,24). The van der Waals surface area contributed by atoms with E-state index in [0.717, 1.165) is 51.0 Å². The molecule has 6 heteroatoms. The molecule has 146 valence electrons. The summed E-state index contributed by atoms with van der Waals surface area (Å²) in [5.41, 5.74) is 1.19. The van der Waals surface area contributed by atoms with E-state index >= 15 is 0 Å². The Bertz CT molecular complexity index is 541. The van der Waals surface area contributed by atoms with E-state index in [1.807, 2.05) is 12.3 Å². The van der Waals surface area contributed by atoms with Crippen LogP contribution in [-0.4, -0.2) is 50.3 Å². The average Bonchev–Trinajstić information content (AvgIpc) is 3.17. The van der Waals surface area contributed by atoms with Crippen molar-refractivity contribution >= 4 is 11.8 Å². The molecule has 0 aliphatic carbocycles. The van der Waals surface area contributed by atoms with Crippen molar-refractivity contribution in [3.8, 4) is 0 Å². The molecule has 2 N–H and O–H groups in total. The van der Waals surface area contributed by atoms with Crippen LogP contribution in [0.4, 0.5) is 5.82 Å². The van der Waals surface area contributed by atoms with Gasteiger partial charge in [0.2, 0.25) is 0 Å². The Hall–Kier alpha value is -1.82. The van der Waals surface area contributed by atoms with Crippen molar-refractivity contribution in [1.82, 2.24) is 15.6 Å². The molecule has 1 fully saturated rings. The predicted octanol–water partition coefficient (Wildman–Crippen LogP) is 2.80. The molecule has 1 aliphatic heterocycles. The van der Waals surface area contributed by atoms with Crippen LogP contribution >= 0.6 is 0 Å². The Morgan fingerprint density at radius 3 is 2.81 bits per heavy atom. The molecule has 0 amide bonds. The van der Waals surface area contributed by atoms with E-state index in [9.17, 15) is 0 Å². The number of guanidine groups is 1. The first kappa shape index (κ1) is 20.5. The summed E-state index contributed by atoms with van der Waals surface area (Å²) in [7, 11) is 0. The van der Waals surface area contributed by atoms with Crippen LogP contribution in [0.3, 0.4) is 0 Å². The first-order valence-corrected chi connectivity index (χ1v) is 9.99. The highest BCUT2D eigenvalue weighted by molar-refractivity contribution is 5.79. The predicted molar refractivity (Wildman–Crippen MR) is 109 cm³/mol. The smallest absolute Gasteiger partial charge is 0.191 e. The minimum atomic E-state index is 0.646. The van der Waals surface area contributed by atoms with Crippen molar-refractivity contribution in [2.75, 3.05) is 44.3 Å². The van der Waals surface area contributed by atoms with E-state index in [0.29, 0.717) is 19.1 Å². The summed E-state index contributed by atoms with van der Waals surface area (Å²) in [6, 6.07) is 4.20. The lowest BCUT2D eigenvalue weighted by atomic mass is 10.1. The Kier molecular flexibility index (Phi) is 9.24. The number of ether oxygens (including phenoxy) is 1. The maximum atomic E-state index is 5.65. The Morgan fingerprint density at radius 2 is 2.08 bits per heavy atom. The highest BCUT2D eigenvalue weighted by atomic mass is 16.5. The van der Waals surface area contributed by atoms with E-state index in [2.05, 4.69) is 47.4 Å². The molecule has 0 spiro atoms. The van der Waals surface area contributed by atoms with Crippen LogP contribution in [0, 0.1) is 5.92 Å². The molecule has 1 saturated heterocycles. The van der Waals surface area contributed by atoms with Gasteiger partial charge in [0, 0.05) is 39.0 Å². The van der Waals surface area contributed by atoms with E-state index in [-0.39, 0.29) is 0 Å². The zero-order chi connectivity index (χ0) is 18.6. The molecule has 0 aromatic carbocycles. The van der Waals surface area contributed by atoms with Crippen LogP contribution in [0.5, 0.6) is 0 Å². The van der Waals surface area contributed by atoms with Crippen LogP contribution in [0.25, 0.3) is 0 Å². The molecule has 0 unspecified atom stereocenters. The molecule has 1 aromatic rings. The van der Waals surface area contributed by atoms with Gasteiger partial charge in [0.15, 0.2) is 5.96 Å². The van der Waals surface area contributed by atoms with Gasteiger partial charge >= 0.3 is 0 Å². The summed E-state index contributed by atoms with van der Waals surface area (Å²) < 4.78 is 5.65. The molecule has 0 bridgehead atoms. The van der Waals surface area contributed by atoms with Crippen molar-refractivity contribution in [3.05, 3.63) is 23.9 Å². The average molecular weight is 362 g/mol. The number of hydrogen-bond donors (Lipinski definition) is 2. The number of anilines is 1. The van der Waals surface area contributed by atoms with Gasteiger partial charge in [0.25, 0.3) is 0 Å². The molecule has 2 rings (SSSR count). The Labute approximate surface area is 158 Å². The summed E-state index contributed by atoms with van der Waals surface area (Å²) in [6.07, 6.45) is 5.52. The number of aliphatic imine (C=N–C) groups is 1. The van der Waals surface area contributed by atoms with Gasteiger partial charge in [-0.1, -0.05) is 13.8 Å². The molecule has 0 radical (unpaired) electrons. The lowest BCUT2D eigenvalue weighted by Gasteiger charge is -2.16. The van der Waals surface area contributed by atoms with E-state index in [4.69, 9.17) is 9.73 Å². The van der Waals surface area contributed by atoms with Crippen LogP contribution in [0.15, 0.2) is 23.3 Å². The fraction of sp³-hybridized carbons (Fsp3) is 0.700. The van der Waals surface area contributed by atoms with Gasteiger partial charge in [-0.25, -0.2) is 9.98 Å². The molecule has 1 aromatic heterocycles. The quantitative estimate of drug-likeness (QED) is 0.381. The molecular formula is C20H35N5O. The normalized spacial score (nSPS) is 14.9. The molecule has 26 heavy (non-hydrogen) atoms. The van der Waals surface area contributed by atoms with Gasteiger partial charge in [0.05, 0.1) is 13.2 Å². The fourth-order valence-corrected chi connectivity index (χ4v) is 2.85. The van der Waals surface area contributed by atoms with Gasteiger partial charge < -0.3 is 20.3 Å². The molecule has 1 aliphatic rings. The first-order valence-electron chi connectivity index (χ1n) is 9.99. The Balaban J connectivity index is 1.79. The second kappa shape index (κ2) is 11.7. The van der Waals surface area contributed by atoms with Crippen LogP contribution in [0.1, 0.15) is 45.6 Å². The van der Waals surface area contributed by atoms with Crippen LogP contribution in [0.2, 0.25) is 0 Å². The third-order valence-corrected chi connectivity index (χ3v) is 4.38. The molecule has 0 saturated carbocycles. The van der Waals surface area contributed by atoms with E-state index in [1.165, 1.54) is 18.4 Å². The SMILES string of the molecule is CCNC(=NCc1ccnc(N2CCCC2)c1)NCCOCCC(C)C. The number of aromatic nitrogens is 1. The molecule has 2 heterocycles. The zero-order valence-corrected chi connectivity index (χ0v) is 16.6. The highest BCUT2D eigenvalue weighted by Crippen LogP contribution is 2.18. The second-order valence-corrected chi connectivity index (χ2v) is 7.13. The number of nitrogens with zero attached hydrogens (tertiary/aromatic N) is 3. The molecule has 6 nitrogen and oxygen atoms in total. The second-order valence-electron chi connectivity index (χ2n) is 7.13. The van der Waals surface area contributed by atoms with E-state index in [1.54, 1.807) is 0 Å². The van der Waals surface area contributed by atoms with Crippen molar-refractivity contribution in [2.24, 2.45) is 10.9 Å². The van der Waals surface area contributed by atoms with Gasteiger partial charge in [0.1, 0.15) is 5.82 Å². The minimum Gasteiger partial charge on any atom is -0.380 e. The Morgan fingerprint density at radius 1 is 1.27 bits per heavy atom. The van der Waals surface area contributed by atoms with Gasteiger partial charge in [-0.2, -0.15) is 0 Å². The molecular weight excluding hydrogens is 326 g/mol. The summed E-state index contributed by atoms with van der Waals surface area (Å²) in [4.78, 5) is 11.5. The fourth-order valence-electron chi connectivity index (χ4n) is 2.85. The monoisotopic (exact) mass is 361 g/mol. The summed E-state index contributed by atoms with van der Waals surface area (Å²) >= 11 is 0. The number of pyridine rings is 1. The first-order chi connectivity index (χ1) is 12.7. The lowest BCUT2D eigenvalue weighted by Crippen LogP contribution is -2.39. The van der Waals surface area contributed by atoms with Crippen molar-refractivity contribution < 1.29 is 4.74 Å². The van der Waals surface area contributed by atoms with Gasteiger partial charge in [-0.15, -0.1) is 0 Å². The summed E-state index contributed by atoms with van der Waals surface area (Å²) in [5.74, 6) is 2.60. The van der Waals surface area contributed by atoms with E-state index < -0.39 is 0 Å². The maximum Gasteiger partial charge on any atom is 0.191 e. The largest absolute Gasteiger partial charge is 0.380 e. The minimum absolute atomic E-state index is 0.646. The summed E-state index contributed by atoms with van der Waals surface area (Å²) in [6.45, 7) is 12.5. The van der Waals surface area contributed by atoms with Crippen LogP contribution in [-0.2, 0) is 11.3 Å². The third kappa shape index (κ3) is 7.60. The van der Waals surface area contributed by atoms with Gasteiger partial charge in [-0.3, -0.25) is 0 Å². The third-order valence-electron chi connectivity index (χ3n) is 4.38. The number of rotatable bonds is 10. The lowest BCUT2D eigenvalue weighted by molar-refractivity contribution is 0.128. The summed E-state index contributed by atoms with van der Waals surface area (Å²) in [5, 5.41) is 6.63. The van der Waals surface area contributed by atoms with Crippen molar-refractivity contribution in [1.29, 1.82) is 0 Å². The zero-order valence-electron chi connectivity index (χ0n) is 16.6. The topological polar surface area (TPSA) is 61.8 Å². The van der Waals surface area contributed by atoms with Crippen molar-refractivity contribution in [2.45, 2.75) is 46.6 Å². The maximum absolute atomic E-state index is 5.65.